The molecule has 4 nitrogen and oxygen atoms in total. The Labute approximate surface area is 105 Å². The van der Waals surface area contributed by atoms with Gasteiger partial charge in [0.15, 0.2) is 6.61 Å². The number of carbonyl (C=O) groups is 1. The first kappa shape index (κ1) is 15.1. The number of rotatable bonds is 3. The number of alkyl halides is 3. The van der Waals surface area contributed by atoms with Crippen LogP contribution in [0.2, 0.25) is 0 Å². The summed E-state index contributed by atoms with van der Waals surface area (Å²) in [5.74, 6) is 0. The first-order valence-electron chi connectivity index (χ1n) is 6.02. The van der Waals surface area contributed by atoms with Crippen LogP contribution < -0.4 is 0 Å². The van der Waals surface area contributed by atoms with E-state index in [2.05, 4.69) is 16.6 Å². The molecule has 0 aromatic carbocycles. The minimum Gasteiger partial charge on any atom is -0.440 e. The number of likely N-dealkylation sites (tertiary alicyclic amines) is 1. The highest BCUT2D eigenvalue weighted by molar-refractivity contribution is 5.67. The van der Waals surface area contributed by atoms with Gasteiger partial charge in [-0.25, -0.2) is 4.79 Å². The van der Waals surface area contributed by atoms with E-state index in [1.54, 1.807) is 0 Å². The third-order valence-electron chi connectivity index (χ3n) is 3.20. The Morgan fingerprint density at radius 1 is 1.39 bits per heavy atom. The summed E-state index contributed by atoms with van der Waals surface area (Å²) < 4.78 is 40.0. The van der Waals surface area contributed by atoms with Crippen LogP contribution in [0.15, 0.2) is 0 Å². The zero-order valence-corrected chi connectivity index (χ0v) is 10.7. The molecule has 0 aliphatic carbocycles. The fraction of sp³-hybridized carbons (Fsp3) is 0.909. The smallest absolute Gasteiger partial charge is 0.422 e. The van der Waals surface area contributed by atoms with Crippen molar-refractivity contribution in [1.82, 2.24) is 9.80 Å². The molecule has 0 aromatic heterocycles. The Morgan fingerprint density at radius 3 is 2.39 bits per heavy atom. The van der Waals surface area contributed by atoms with E-state index < -0.39 is 18.9 Å². The molecule has 18 heavy (non-hydrogen) atoms. The standard InChI is InChI=1S/C11H19F3N2O2/c1-3-16-6-4-9(5-7-16)15(2)10(17)18-8-11(12,13)14/h9H,3-8H2,1-2H3. The molecule has 0 bridgehead atoms. The maximum Gasteiger partial charge on any atom is 0.422 e. The van der Waals surface area contributed by atoms with Gasteiger partial charge in [-0.1, -0.05) is 6.92 Å². The lowest BCUT2D eigenvalue weighted by atomic mass is 10.0. The Hall–Kier alpha value is -0.980. The summed E-state index contributed by atoms with van der Waals surface area (Å²) in [5, 5.41) is 0. The Morgan fingerprint density at radius 2 is 1.94 bits per heavy atom. The highest BCUT2D eigenvalue weighted by atomic mass is 19.4. The molecule has 1 fully saturated rings. The molecule has 0 N–H and O–H groups in total. The minimum absolute atomic E-state index is 0.0338. The summed E-state index contributed by atoms with van der Waals surface area (Å²) in [4.78, 5) is 14.9. The predicted molar refractivity (Wildman–Crippen MR) is 60.3 cm³/mol. The normalized spacial score (nSPS) is 18.7. The molecular weight excluding hydrogens is 249 g/mol. The fourth-order valence-corrected chi connectivity index (χ4v) is 2.02. The summed E-state index contributed by atoms with van der Waals surface area (Å²) in [7, 11) is 1.49. The van der Waals surface area contributed by atoms with Gasteiger partial charge in [-0.05, 0) is 19.4 Å². The topological polar surface area (TPSA) is 32.8 Å². The quantitative estimate of drug-likeness (QED) is 0.786. The third kappa shape index (κ3) is 4.72. The lowest BCUT2D eigenvalue weighted by Gasteiger charge is -2.35. The van der Waals surface area contributed by atoms with Gasteiger partial charge in [0.05, 0.1) is 0 Å². The van der Waals surface area contributed by atoms with Gasteiger partial charge < -0.3 is 14.5 Å². The van der Waals surface area contributed by atoms with Crippen LogP contribution in [0.4, 0.5) is 18.0 Å². The molecule has 1 aliphatic rings. The zero-order valence-electron chi connectivity index (χ0n) is 10.7. The van der Waals surface area contributed by atoms with Gasteiger partial charge in [0.25, 0.3) is 0 Å². The van der Waals surface area contributed by atoms with Gasteiger partial charge in [0.1, 0.15) is 0 Å². The van der Waals surface area contributed by atoms with Crippen LogP contribution in [0, 0.1) is 0 Å². The van der Waals surface area contributed by atoms with Gasteiger partial charge in [0, 0.05) is 26.2 Å². The van der Waals surface area contributed by atoms with Crippen LogP contribution in [0.25, 0.3) is 0 Å². The molecule has 0 radical (unpaired) electrons. The van der Waals surface area contributed by atoms with E-state index in [9.17, 15) is 18.0 Å². The monoisotopic (exact) mass is 268 g/mol. The summed E-state index contributed by atoms with van der Waals surface area (Å²) in [6.07, 6.45) is -3.83. The summed E-state index contributed by atoms with van der Waals surface area (Å²) in [6, 6.07) is -0.0338. The maximum absolute atomic E-state index is 11.9. The molecule has 1 saturated heterocycles. The van der Waals surface area contributed by atoms with Crippen LogP contribution in [0.1, 0.15) is 19.8 Å². The molecule has 0 spiro atoms. The van der Waals surface area contributed by atoms with E-state index in [0.29, 0.717) is 0 Å². The van der Waals surface area contributed by atoms with Crippen molar-refractivity contribution in [3.05, 3.63) is 0 Å². The van der Waals surface area contributed by atoms with Gasteiger partial charge in [-0.2, -0.15) is 13.2 Å². The van der Waals surface area contributed by atoms with Gasteiger partial charge in [0.2, 0.25) is 0 Å². The summed E-state index contributed by atoms with van der Waals surface area (Å²) in [6.45, 7) is 3.21. The van der Waals surface area contributed by atoms with Crippen molar-refractivity contribution in [3.8, 4) is 0 Å². The minimum atomic E-state index is -4.47. The maximum atomic E-state index is 11.9. The van der Waals surface area contributed by atoms with Crippen LogP contribution >= 0.6 is 0 Å². The van der Waals surface area contributed by atoms with Gasteiger partial charge >= 0.3 is 12.3 Å². The van der Waals surface area contributed by atoms with Crippen LogP contribution in [-0.2, 0) is 4.74 Å². The largest absolute Gasteiger partial charge is 0.440 e. The number of nitrogens with zero attached hydrogens (tertiary/aromatic N) is 2. The second kappa shape index (κ2) is 6.26. The first-order chi connectivity index (χ1) is 8.33. The average molecular weight is 268 g/mol. The van der Waals surface area contributed by atoms with E-state index in [1.165, 1.54) is 11.9 Å². The van der Waals surface area contributed by atoms with E-state index in [4.69, 9.17) is 0 Å². The van der Waals surface area contributed by atoms with Crippen molar-refractivity contribution in [1.29, 1.82) is 0 Å². The highest BCUT2D eigenvalue weighted by Gasteiger charge is 2.32. The predicted octanol–water partition coefficient (Wildman–Crippen LogP) is 2.10. The average Bonchev–Trinajstić information content (AvgIpc) is 2.34. The zero-order chi connectivity index (χ0) is 13.8. The van der Waals surface area contributed by atoms with Crippen molar-refractivity contribution >= 4 is 6.09 Å². The first-order valence-corrected chi connectivity index (χ1v) is 6.02. The summed E-state index contributed by atoms with van der Waals surface area (Å²) >= 11 is 0. The molecule has 7 heteroatoms. The lowest BCUT2D eigenvalue weighted by molar-refractivity contribution is -0.162. The second-order valence-corrected chi connectivity index (χ2v) is 4.45. The fourth-order valence-electron chi connectivity index (χ4n) is 2.02. The van der Waals surface area contributed by atoms with Crippen molar-refractivity contribution in [2.45, 2.75) is 32.0 Å². The summed E-state index contributed by atoms with van der Waals surface area (Å²) in [5.41, 5.74) is 0. The molecule has 1 heterocycles. The number of hydrogen-bond donors (Lipinski definition) is 0. The van der Waals surface area contributed by atoms with E-state index in [0.717, 1.165) is 32.5 Å². The van der Waals surface area contributed by atoms with Crippen LogP contribution in [-0.4, -0.2) is 61.4 Å². The Kier molecular flexibility index (Phi) is 5.25. The van der Waals surface area contributed by atoms with E-state index in [-0.39, 0.29) is 6.04 Å². The molecule has 0 unspecified atom stereocenters. The molecule has 1 aliphatic heterocycles. The molecule has 0 atom stereocenters. The molecular formula is C11H19F3N2O2. The van der Waals surface area contributed by atoms with Crippen LogP contribution in [0.5, 0.6) is 0 Å². The molecule has 0 aromatic rings. The number of hydrogen-bond acceptors (Lipinski definition) is 3. The van der Waals surface area contributed by atoms with Gasteiger partial charge in [-0.15, -0.1) is 0 Å². The van der Waals surface area contributed by atoms with Crippen molar-refractivity contribution in [2.75, 3.05) is 33.3 Å². The lowest BCUT2D eigenvalue weighted by Crippen LogP contribution is -2.46. The van der Waals surface area contributed by atoms with Crippen LogP contribution in [0.3, 0.4) is 0 Å². The molecule has 1 rings (SSSR count). The SMILES string of the molecule is CCN1CCC(N(C)C(=O)OCC(F)(F)F)CC1. The number of carbonyl (C=O) groups excluding carboxylic acids is 1. The molecule has 106 valence electrons. The Bertz CT molecular complexity index is 276. The van der Waals surface area contributed by atoms with Crippen molar-refractivity contribution < 1.29 is 22.7 Å². The Balaban J connectivity index is 2.35. The third-order valence-corrected chi connectivity index (χ3v) is 3.20. The van der Waals surface area contributed by atoms with Crippen molar-refractivity contribution in [3.63, 3.8) is 0 Å². The number of ether oxygens (including phenoxy) is 1. The van der Waals surface area contributed by atoms with Gasteiger partial charge in [-0.3, -0.25) is 0 Å². The molecule has 0 saturated carbocycles. The number of amides is 1. The number of halogens is 3. The highest BCUT2D eigenvalue weighted by Crippen LogP contribution is 2.18. The molecule has 1 amide bonds. The van der Waals surface area contributed by atoms with E-state index in [1.807, 2.05) is 0 Å². The van der Waals surface area contributed by atoms with Crippen molar-refractivity contribution in [2.24, 2.45) is 0 Å². The number of piperidine rings is 1. The second-order valence-electron chi connectivity index (χ2n) is 4.45. The van der Waals surface area contributed by atoms with E-state index >= 15 is 0 Å².